The van der Waals surface area contributed by atoms with Gasteiger partial charge in [0.2, 0.25) is 0 Å². The van der Waals surface area contributed by atoms with Crippen LogP contribution in [0.4, 0.5) is 8.78 Å². The van der Waals surface area contributed by atoms with Gasteiger partial charge in [0, 0.05) is 18.4 Å². The molecule has 0 amide bonds. The van der Waals surface area contributed by atoms with Crippen LogP contribution in [-0.4, -0.2) is 39.3 Å². The average Bonchev–Trinajstić information content (AvgIpc) is 2.64. The molecule has 0 fully saturated rings. The maximum atomic E-state index is 12.4. The predicted octanol–water partition coefficient (Wildman–Crippen LogP) is 1.09. The van der Waals surface area contributed by atoms with Crippen LogP contribution in [0.2, 0.25) is 0 Å². The predicted molar refractivity (Wildman–Crippen MR) is 51.5 cm³/mol. The zero-order chi connectivity index (χ0) is 11.4. The zero-order valence-electron chi connectivity index (χ0n) is 8.77. The summed E-state index contributed by atoms with van der Waals surface area (Å²) in [5.41, 5.74) is 0. The molecule has 0 saturated heterocycles. The fourth-order valence-corrected chi connectivity index (χ4v) is 1.16. The number of hydrogen-bond donors (Lipinski definition) is 1. The summed E-state index contributed by atoms with van der Waals surface area (Å²) < 4.78 is 25.7. The number of alkyl halides is 2. The van der Waals surface area contributed by atoms with Crippen molar-refractivity contribution in [3.8, 4) is 0 Å². The number of imidazole rings is 1. The van der Waals surface area contributed by atoms with Crippen molar-refractivity contribution in [3.63, 3.8) is 0 Å². The molecule has 0 spiro atoms. The fraction of sp³-hybridized carbons (Fsp3) is 0.667. The molecule has 1 rings (SSSR count). The number of aromatic nitrogens is 2. The first-order valence-electron chi connectivity index (χ1n) is 4.67. The van der Waals surface area contributed by atoms with Gasteiger partial charge in [-0.25, -0.2) is 4.98 Å². The van der Waals surface area contributed by atoms with Crippen LogP contribution < -0.4 is 0 Å². The Balaban J connectivity index is 2.67. The summed E-state index contributed by atoms with van der Waals surface area (Å²) in [6, 6.07) is -0.0761. The summed E-state index contributed by atoms with van der Waals surface area (Å²) >= 11 is 0. The lowest BCUT2D eigenvalue weighted by molar-refractivity contribution is 0.0622. The number of rotatable bonds is 5. The van der Waals surface area contributed by atoms with E-state index in [0.717, 1.165) is 4.57 Å². The van der Waals surface area contributed by atoms with Crippen LogP contribution in [0.15, 0.2) is 12.4 Å². The first-order valence-corrected chi connectivity index (χ1v) is 4.67. The standard InChI is InChI=1S/C9H15F2N3O/c1-7(6-15)13(2)5-8-12-3-4-14(8)9(10)11/h3-4,7,9,15H,5-6H2,1-2H3/t7-/m1/s1. The van der Waals surface area contributed by atoms with Crippen molar-refractivity contribution in [1.82, 2.24) is 14.5 Å². The number of hydrogen-bond acceptors (Lipinski definition) is 3. The normalized spacial score (nSPS) is 13.8. The second kappa shape index (κ2) is 5.18. The van der Waals surface area contributed by atoms with Gasteiger partial charge < -0.3 is 5.11 Å². The highest BCUT2D eigenvalue weighted by molar-refractivity contribution is 4.92. The van der Waals surface area contributed by atoms with Gasteiger partial charge in [0.15, 0.2) is 0 Å². The van der Waals surface area contributed by atoms with Crippen molar-refractivity contribution >= 4 is 0 Å². The molecular formula is C9H15F2N3O. The molecule has 1 aromatic heterocycles. The Morgan fingerprint density at radius 1 is 1.60 bits per heavy atom. The Hall–Kier alpha value is -1.01. The van der Waals surface area contributed by atoms with E-state index in [1.54, 1.807) is 11.9 Å². The average molecular weight is 219 g/mol. The highest BCUT2D eigenvalue weighted by atomic mass is 19.3. The van der Waals surface area contributed by atoms with Gasteiger partial charge in [-0.15, -0.1) is 0 Å². The topological polar surface area (TPSA) is 41.3 Å². The monoisotopic (exact) mass is 219 g/mol. The molecule has 0 radical (unpaired) electrons. The summed E-state index contributed by atoms with van der Waals surface area (Å²) in [6.07, 6.45) is 2.59. The van der Waals surface area contributed by atoms with E-state index in [2.05, 4.69) is 4.98 Å². The number of likely N-dealkylation sites (N-methyl/N-ethyl adjacent to an activating group) is 1. The SMILES string of the molecule is C[C@H](CO)N(C)Cc1nccn1C(F)F. The minimum atomic E-state index is -2.57. The van der Waals surface area contributed by atoms with E-state index in [1.165, 1.54) is 12.4 Å². The van der Waals surface area contributed by atoms with E-state index >= 15 is 0 Å². The maximum absolute atomic E-state index is 12.4. The Morgan fingerprint density at radius 3 is 2.80 bits per heavy atom. The van der Waals surface area contributed by atoms with Gasteiger partial charge in [-0.1, -0.05) is 0 Å². The molecule has 1 atom stereocenters. The van der Waals surface area contributed by atoms with E-state index in [9.17, 15) is 8.78 Å². The Morgan fingerprint density at radius 2 is 2.27 bits per heavy atom. The highest BCUT2D eigenvalue weighted by Crippen LogP contribution is 2.14. The molecule has 1 N–H and O–H groups in total. The van der Waals surface area contributed by atoms with Crippen molar-refractivity contribution in [2.24, 2.45) is 0 Å². The first-order chi connectivity index (χ1) is 7.06. The van der Waals surface area contributed by atoms with Crippen molar-refractivity contribution in [2.45, 2.75) is 26.1 Å². The molecule has 15 heavy (non-hydrogen) atoms. The van der Waals surface area contributed by atoms with E-state index in [-0.39, 0.29) is 12.6 Å². The van der Waals surface area contributed by atoms with Crippen LogP contribution in [0, 0.1) is 0 Å². The van der Waals surface area contributed by atoms with E-state index in [0.29, 0.717) is 12.4 Å². The molecular weight excluding hydrogens is 204 g/mol. The second-order valence-corrected chi connectivity index (χ2v) is 3.48. The molecule has 1 aromatic rings. The summed E-state index contributed by atoms with van der Waals surface area (Å²) in [6.45, 7) is -0.471. The molecule has 86 valence electrons. The van der Waals surface area contributed by atoms with Crippen LogP contribution >= 0.6 is 0 Å². The third kappa shape index (κ3) is 2.97. The molecule has 1 heterocycles. The quantitative estimate of drug-likeness (QED) is 0.806. The Labute approximate surface area is 87.1 Å². The maximum Gasteiger partial charge on any atom is 0.319 e. The molecule has 0 bridgehead atoms. The van der Waals surface area contributed by atoms with Gasteiger partial charge in [-0.2, -0.15) is 8.78 Å². The zero-order valence-corrected chi connectivity index (χ0v) is 8.77. The van der Waals surface area contributed by atoms with Gasteiger partial charge in [0.1, 0.15) is 5.82 Å². The molecule has 0 aromatic carbocycles. The van der Waals surface area contributed by atoms with Crippen molar-refractivity contribution in [2.75, 3.05) is 13.7 Å². The van der Waals surface area contributed by atoms with Crippen molar-refractivity contribution in [3.05, 3.63) is 18.2 Å². The molecule has 0 aliphatic rings. The van der Waals surface area contributed by atoms with Gasteiger partial charge in [0.05, 0.1) is 13.2 Å². The molecule has 0 saturated carbocycles. The summed E-state index contributed by atoms with van der Waals surface area (Å²) in [4.78, 5) is 5.62. The van der Waals surface area contributed by atoms with E-state index in [4.69, 9.17) is 5.11 Å². The minimum absolute atomic E-state index is 0.00805. The number of halogens is 2. The van der Waals surface area contributed by atoms with Gasteiger partial charge >= 0.3 is 6.55 Å². The van der Waals surface area contributed by atoms with Crippen LogP contribution in [0.1, 0.15) is 19.3 Å². The molecule has 0 aliphatic carbocycles. The Kier molecular flexibility index (Phi) is 4.16. The summed E-state index contributed by atoms with van der Waals surface area (Å²) in [7, 11) is 1.76. The highest BCUT2D eigenvalue weighted by Gasteiger charge is 2.15. The van der Waals surface area contributed by atoms with Crippen molar-refractivity contribution in [1.29, 1.82) is 0 Å². The van der Waals surface area contributed by atoms with E-state index < -0.39 is 6.55 Å². The largest absolute Gasteiger partial charge is 0.395 e. The second-order valence-electron chi connectivity index (χ2n) is 3.48. The van der Waals surface area contributed by atoms with Crippen LogP contribution in [0.5, 0.6) is 0 Å². The lowest BCUT2D eigenvalue weighted by Gasteiger charge is -2.22. The third-order valence-corrected chi connectivity index (χ3v) is 2.37. The van der Waals surface area contributed by atoms with E-state index in [1.807, 2.05) is 6.92 Å². The number of aliphatic hydroxyl groups is 1. The summed E-state index contributed by atoms with van der Waals surface area (Å²) in [5, 5.41) is 8.90. The molecule has 4 nitrogen and oxygen atoms in total. The van der Waals surface area contributed by atoms with Crippen LogP contribution in [0.25, 0.3) is 0 Å². The smallest absolute Gasteiger partial charge is 0.319 e. The van der Waals surface area contributed by atoms with Crippen LogP contribution in [0.3, 0.4) is 0 Å². The van der Waals surface area contributed by atoms with Gasteiger partial charge in [0.25, 0.3) is 0 Å². The molecule has 6 heteroatoms. The number of nitrogens with zero attached hydrogens (tertiary/aromatic N) is 3. The van der Waals surface area contributed by atoms with Crippen LogP contribution in [-0.2, 0) is 6.54 Å². The first kappa shape index (κ1) is 12.1. The summed E-state index contributed by atoms with van der Waals surface area (Å²) in [5.74, 6) is 0.299. The van der Waals surface area contributed by atoms with Gasteiger partial charge in [-0.3, -0.25) is 9.47 Å². The fourth-order valence-electron chi connectivity index (χ4n) is 1.16. The lowest BCUT2D eigenvalue weighted by Crippen LogP contribution is -2.32. The number of aliphatic hydroxyl groups excluding tert-OH is 1. The molecule has 0 unspecified atom stereocenters. The molecule has 0 aliphatic heterocycles. The lowest BCUT2D eigenvalue weighted by atomic mass is 10.3. The third-order valence-electron chi connectivity index (χ3n) is 2.37. The Bertz CT molecular complexity index is 303. The van der Waals surface area contributed by atoms with Crippen molar-refractivity contribution < 1.29 is 13.9 Å². The van der Waals surface area contributed by atoms with Gasteiger partial charge in [-0.05, 0) is 14.0 Å². The minimum Gasteiger partial charge on any atom is -0.395 e.